The summed E-state index contributed by atoms with van der Waals surface area (Å²) >= 11 is 3.21. The molecule has 2 heterocycles. The van der Waals surface area contributed by atoms with E-state index in [1.165, 1.54) is 4.57 Å². The summed E-state index contributed by atoms with van der Waals surface area (Å²) in [5.41, 5.74) is 1.35. The number of hydrogen-bond donors (Lipinski definition) is 1. The molecule has 0 saturated heterocycles. The second-order valence-electron chi connectivity index (χ2n) is 3.50. The van der Waals surface area contributed by atoms with Crippen LogP contribution >= 0.6 is 15.9 Å². The lowest BCUT2D eigenvalue weighted by Crippen LogP contribution is -2.16. The second-order valence-corrected chi connectivity index (χ2v) is 4.31. The van der Waals surface area contributed by atoms with E-state index in [1.54, 1.807) is 12.1 Å². The molecule has 0 spiro atoms. The SMILES string of the molecule is O=c1[nH]c2ccccc2n1-c1ccc(Br)nn1. The van der Waals surface area contributed by atoms with Crippen molar-refractivity contribution in [2.45, 2.75) is 0 Å². The Hall–Kier alpha value is -1.95. The van der Waals surface area contributed by atoms with E-state index < -0.39 is 0 Å². The summed E-state index contributed by atoms with van der Waals surface area (Å²) in [6.07, 6.45) is 0. The van der Waals surface area contributed by atoms with Gasteiger partial charge in [-0.1, -0.05) is 12.1 Å². The Kier molecular flexibility index (Phi) is 2.29. The third-order valence-corrected chi connectivity index (χ3v) is 2.86. The van der Waals surface area contributed by atoms with E-state index in [-0.39, 0.29) is 5.69 Å². The van der Waals surface area contributed by atoms with Gasteiger partial charge in [-0.2, -0.15) is 0 Å². The summed E-state index contributed by atoms with van der Waals surface area (Å²) in [4.78, 5) is 14.6. The van der Waals surface area contributed by atoms with Crippen molar-refractivity contribution in [3.63, 3.8) is 0 Å². The van der Waals surface area contributed by atoms with E-state index in [9.17, 15) is 4.79 Å². The standard InChI is InChI=1S/C11H7BrN4O/c12-9-5-6-10(15-14-9)16-8-4-2-1-3-7(8)13-11(16)17/h1-6H,(H,13,17). The molecule has 3 rings (SSSR count). The number of nitrogens with zero attached hydrogens (tertiary/aromatic N) is 3. The Morgan fingerprint density at radius 3 is 2.71 bits per heavy atom. The Balaban J connectivity index is 2.33. The number of rotatable bonds is 1. The molecule has 0 aliphatic rings. The zero-order valence-electron chi connectivity index (χ0n) is 8.59. The first-order chi connectivity index (χ1) is 8.25. The maximum atomic E-state index is 11.9. The van der Waals surface area contributed by atoms with Gasteiger partial charge < -0.3 is 4.98 Å². The molecular weight excluding hydrogens is 284 g/mol. The van der Waals surface area contributed by atoms with Crippen molar-refractivity contribution in [2.75, 3.05) is 0 Å². The van der Waals surface area contributed by atoms with Crippen LogP contribution in [0.25, 0.3) is 16.9 Å². The van der Waals surface area contributed by atoms with Gasteiger partial charge >= 0.3 is 5.69 Å². The van der Waals surface area contributed by atoms with Crippen LogP contribution in [0.1, 0.15) is 0 Å². The van der Waals surface area contributed by atoms with Crippen molar-refractivity contribution in [3.8, 4) is 5.82 Å². The number of para-hydroxylation sites is 2. The Morgan fingerprint density at radius 2 is 1.94 bits per heavy atom. The molecule has 0 radical (unpaired) electrons. The van der Waals surface area contributed by atoms with E-state index in [2.05, 4.69) is 31.1 Å². The molecule has 5 nitrogen and oxygen atoms in total. The second kappa shape index (κ2) is 3.81. The summed E-state index contributed by atoms with van der Waals surface area (Å²) in [5, 5.41) is 7.85. The van der Waals surface area contributed by atoms with Crippen molar-refractivity contribution in [2.24, 2.45) is 0 Å². The molecule has 84 valence electrons. The molecule has 6 heteroatoms. The molecule has 3 aromatic rings. The van der Waals surface area contributed by atoms with Crippen LogP contribution in [0, 0.1) is 0 Å². The third kappa shape index (κ3) is 1.66. The lowest BCUT2D eigenvalue weighted by Gasteiger charge is -2.00. The van der Waals surface area contributed by atoms with Crippen LogP contribution in [0.15, 0.2) is 45.8 Å². The number of hydrogen-bond acceptors (Lipinski definition) is 3. The predicted molar refractivity (Wildman–Crippen MR) is 67.2 cm³/mol. The Bertz CT molecular complexity index is 729. The van der Waals surface area contributed by atoms with Crippen molar-refractivity contribution < 1.29 is 0 Å². The van der Waals surface area contributed by atoms with Crippen LogP contribution in [0.2, 0.25) is 0 Å². The zero-order valence-corrected chi connectivity index (χ0v) is 10.2. The minimum absolute atomic E-state index is 0.220. The summed E-state index contributed by atoms with van der Waals surface area (Å²) in [7, 11) is 0. The van der Waals surface area contributed by atoms with Gasteiger partial charge in [-0.3, -0.25) is 0 Å². The van der Waals surface area contributed by atoms with Crippen LogP contribution in [0.5, 0.6) is 0 Å². The zero-order chi connectivity index (χ0) is 11.8. The number of imidazole rings is 1. The van der Waals surface area contributed by atoms with E-state index in [0.29, 0.717) is 10.4 Å². The van der Waals surface area contributed by atoms with E-state index >= 15 is 0 Å². The van der Waals surface area contributed by atoms with Gasteiger partial charge in [0, 0.05) is 0 Å². The van der Waals surface area contributed by atoms with Crippen molar-refractivity contribution in [1.29, 1.82) is 0 Å². The highest BCUT2D eigenvalue weighted by Gasteiger charge is 2.08. The molecule has 0 bridgehead atoms. The molecule has 0 saturated carbocycles. The minimum Gasteiger partial charge on any atom is -0.305 e. The fourth-order valence-electron chi connectivity index (χ4n) is 1.71. The maximum absolute atomic E-state index is 11.9. The van der Waals surface area contributed by atoms with Crippen LogP contribution in [0.4, 0.5) is 0 Å². The fourth-order valence-corrected chi connectivity index (χ4v) is 1.92. The van der Waals surface area contributed by atoms with E-state index in [1.807, 2.05) is 24.3 Å². The highest BCUT2D eigenvalue weighted by Crippen LogP contribution is 2.13. The number of halogens is 1. The molecule has 0 aliphatic carbocycles. The molecule has 0 unspecified atom stereocenters. The highest BCUT2D eigenvalue weighted by atomic mass is 79.9. The molecular formula is C11H7BrN4O. The predicted octanol–water partition coefficient (Wildman–Crippen LogP) is 1.87. The number of aromatic nitrogens is 4. The van der Waals surface area contributed by atoms with E-state index in [4.69, 9.17) is 0 Å². The first-order valence-corrected chi connectivity index (χ1v) is 5.74. The number of aromatic amines is 1. The molecule has 1 N–H and O–H groups in total. The van der Waals surface area contributed by atoms with Crippen molar-refractivity contribution in [3.05, 3.63) is 51.5 Å². The molecule has 0 atom stereocenters. The summed E-state index contributed by atoms with van der Waals surface area (Å²) in [6, 6.07) is 10.9. The molecule has 0 aliphatic heterocycles. The van der Waals surface area contributed by atoms with Gasteiger partial charge in [0.2, 0.25) is 0 Å². The van der Waals surface area contributed by atoms with Gasteiger partial charge in [-0.15, -0.1) is 10.2 Å². The van der Waals surface area contributed by atoms with Crippen LogP contribution in [-0.2, 0) is 0 Å². The molecule has 0 fully saturated rings. The van der Waals surface area contributed by atoms with Gasteiger partial charge in [0.1, 0.15) is 4.60 Å². The molecule has 17 heavy (non-hydrogen) atoms. The summed E-state index contributed by atoms with van der Waals surface area (Å²) in [5.74, 6) is 0.496. The number of nitrogens with one attached hydrogen (secondary N) is 1. The van der Waals surface area contributed by atoms with Crippen LogP contribution in [0.3, 0.4) is 0 Å². The summed E-state index contributed by atoms with van der Waals surface area (Å²) in [6.45, 7) is 0. The largest absolute Gasteiger partial charge is 0.332 e. The van der Waals surface area contributed by atoms with Gasteiger partial charge in [-0.25, -0.2) is 9.36 Å². The smallest absolute Gasteiger partial charge is 0.305 e. The van der Waals surface area contributed by atoms with Crippen LogP contribution in [-0.4, -0.2) is 19.7 Å². The lowest BCUT2D eigenvalue weighted by atomic mass is 10.3. The maximum Gasteiger partial charge on any atom is 0.332 e. The lowest BCUT2D eigenvalue weighted by molar-refractivity contribution is 0.890. The summed E-state index contributed by atoms with van der Waals surface area (Å²) < 4.78 is 2.13. The molecule has 1 aromatic carbocycles. The topological polar surface area (TPSA) is 63.6 Å². The van der Waals surface area contributed by atoms with Gasteiger partial charge in [-0.05, 0) is 40.2 Å². The van der Waals surface area contributed by atoms with Gasteiger partial charge in [0.25, 0.3) is 0 Å². The molecule has 2 aromatic heterocycles. The van der Waals surface area contributed by atoms with Crippen LogP contribution < -0.4 is 5.69 Å². The molecule has 0 amide bonds. The minimum atomic E-state index is -0.220. The van der Waals surface area contributed by atoms with Gasteiger partial charge in [0.15, 0.2) is 5.82 Å². The normalized spacial score (nSPS) is 10.9. The van der Waals surface area contributed by atoms with E-state index in [0.717, 1.165) is 11.0 Å². The Morgan fingerprint density at radius 1 is 1.12 bits per heavy atom. The van der Waals surface area contributed by atoms with Gasteiger partial charge in [0.05, 0.1) is 11.0 Å². The first kappa shape index (κ1) is 10.2. The Labute approximate surface area is 104 Å². The average molecular weight is 291 g/mol. The third-order valence-electron chi connectivity index (χ3n) is 2.44. The monoisotopic (exact) mass is 290 g/mol. The first-order valence-electron chi connectivity index (χ1n) is 4.95. The number of benzene rings is 1. The van der Waals surface area contributed by atoms with Crippen molar-refractivity contribution in [1.82, 2.24) is 19.7 Å². The highest BCUT2D eigenvalue weighted by molar-refractivity contribution is 9.10. The number of fused-ring (bicyclic) bond motifs is 1. The average Bonchev–Trinajstić information content (AvgIpc) is 2.66. The number of H-pyrrole nitrogens is 1. The van der Waals surface area contributed by atoms with Crippen molar-refractivity contribution >= 4 is 27.0 Å². The quantitative estimate of drug-likeness (QED) is 0.744. The fraction of sp³-hybridized carbons (Fsp3) is 0.